The van der Waals surface area contributed by atoms with Gasteiger partial charge in [0, 0.05) is 32.4 Å². The number of pyridine rings is 1. The van der Waals surface area contributed by atoms with Gasteiger partial charge in [0.2, 0.25) is 5.91 Å². The first-order valence-corrected chi connectivity index (χ1v) is 8.30. The second-order valence-electron chi connectivity index (χ2n) is 6.09. The summed E-state index contributed by atoms with van der Waals surface area (Å²) in [7, 11) is 1.82. The van der Waals surface area contributed by atoms with Crippen LogP contribution in [-0.4, -0.2) is 41.9 Å². The molecule has 1 aromatic heterocycles. The number of likely N-dealkylation sites (N-methyl/N-ethyl adjacent to an activating group) is 1. The van der Waals surface area contributed by atoms with E-state index in [1.165, 1.54) is 5.56 Å². The van der Waals surface area contributed by atoms with Crippen molar-refractivity contribution in [1.82, 2.24) is 9.88 Å². The van der Waals surface area contributed by atoms with Gasteiger partial charge >= 0.3 is 0 Å². The summed E-state index contributed by atoms with van der Waals surface area (Å²) in [5.74, 6) is 0.618. The Morgan fingerprint density at radius 1 is 1.20 bits per heavy atom. The zero-order valence-electron chi connectivity index (χ0n) is 14.2. The molecule has 6 nitrogen and oxygen atoms in total. The number of rotatable bonds is 6. The zero-order valence-corrected chi connectivity index (χ0v) is 14.2. The lowest BCUT2D eigenvalue weighted by atomic mass is 10.1. The van der Waals surface area contributed by atoms with Gasteiger partial charge in [-0.15, -0.1) is 0 Å². The van der Waals surface area contributed by atoms with Crippen molar-refractivity contribution in [2.45, 2.75) is 19.3 Å². The van der Waals surface area contributed by atoms with Crippen LogP contribution in [0.3, 0.4) is 0 Å². The summed E-state index contributed by atoms with van der Waals surface area (Å²) in [6.07, 6.45) is 5.39. The number of fused-ring (bicyclic) bond motifs is 1. The molecule has 6 heteroatoms. The molecule has 0 bridgehead atoms. The number of amides is 2. The number of anilines is 1. The number of nitrogens with zero attached hydrogens (tertiary/aromatic N) is 2. The Morgan fingerprint density at radius 3 is 2.80 bits per heavy atom. The van der Waals surface area contributed by atoms with Gasteiger partial charge in [-0.3, -0.25) is 14.6 Å². The molecule has 1 aliphatic rings. The van der Waals surface area contributed by atoms with Gasteiger partial charge in [0.1, 0.15) is 5.75 Å². The molecule has 0 aliphatic carbocycles. The van der Waals surface area contributed by atoms with Gasteiger partial charge in [-0.1, -0.05) is 6.07 Å². The fraction of sp³-hybridized carbons (Fsp3) is 0.316. The van der Waals surface area contributed by atoms with E-state index in [1.54, 1.807) is 17.3 Å². The predicted octanol–water partition coefficient (Wildman–Crippen LogP) is 2.05. The average Bonchev–Trinajstić information content (AvgIpc) is 2.64. The van der Waals surface area contributed by atoms with Crippen molar-refractivity contribution in [3.05, 3.63) is 53.9 Å². The first-order valence-electron chi connectivity index (χ1n) is 8.30. The van der Waals surface area contributed by atoms with E-state index >= 15 is 0 Å². The summed E-state index contributed by atoms with van der Waals surface area (Å²) < 4.78 is 5.34. The third kappa shape index (κ3) is 4.56. The molecule has 1 aromatic carbocycles. The van der Waals surface area contributed by atoms with Crippen molar-refractivity contribution in [2.75, 3.05) is 25.5 Å². The molecule has 0 fully saturated rings. The topological polar surface area (TPSA) is 71.5 Å². The third-order valence-corrected chi connectivity index (χ3v) is 4.22. The van der Waals surface area contributed by atoms with Gasteiger partial charge < -0.3 is 15.0 Å². The largest absolute Gasteiger partial charge is 0.482 e. The summed E-state index contributed by atoms with van der Waals surface area (Å²) in [5.41, 5.74) is 2.84. The number of ether oxygens (including phenoxy) is 1. The number of hydrogen-bond donors (Lipinski definition) is 1. The molecule has 3 rings (SSSR count). The van der Waals surface area contributed by atoms with E-state index in [0.717, 1.165) is 12.0 Å². The lowest BCUT2D eigenvalue weighted by molar-refractivity contribution is -0.129. The van der Waals surface area contributed by atoms with Crippen molar-refractivity contribution in [3.63, 3.8) is 0 Å². The molecule has 0 unspecified atom stereocenters. The quantitative estimate of drug-likeness (QED) is 0.874. The molecule has 1 aliphatic heterocycles. The molecule has 0 radical (unpaired) electrons. The summed E-state index contributed by atoms with van der Waals surface area (Å²) in [5, 5.41) is 2.78. The van der Waals surface area contributed by atoms with E-state index in [-0.39, 0.29) is 18.4 Å². The van der Waals surface area contributed by atoms with Gasteiger partial charge in [-0.2, -0.15) is 0 Å². The van der Waals surface area contributed by atoms with Crippen LogP contribution in [0.15, 0.2) is 42.7 Å². The minimum absolute atomic E-state index is 0.0487. The molecule has 25 heavy (non-hydrogen) atoms. The van der Waals surface area contributed by atoms with Crippen LogP contribution in [0.2, 0.25) is 0 Å². The SMILES string of the molecule is CN(CCc1ccncc1)C(=O)CCc1ccc2c(c1)NC(=O)CO2. The van der Waals surface area contributed by atoms with Crippen molar-refractivity contribution in [3.8, 4) is 5.75 Å². The van der Waals surface area contributed by atoms with Crippen LogP contribution in [0.4, 0.5) is 5.69 Å². The number of benzene rings is 1. The standard InChI is InChI=1S/C19H21N3O3/c1-22(11-8-14-6-9-20-10-7-14)19(24)5-3-15-2-4-17-16(12-15)21-18(23)13-25-17/h2,4,6-7,9-10,12H,3,5,8,11,13H2,1H3,(H,21,23). The average molecular weight is 339 g/mol. The van der Waals surface area contributed by atoms with Crippen LogP contribution < -0.4 is 10.1 Å². The highest BCUT2D eigenvalue weighted by atomic mass is 16.5. The number of aromatic nitrogens is 1. The van der Waals surface area contributed by atoms with Crippen LogP contribution in [-0.2, 0) is 22.4 Å². The summed E-state index contributed by atoms with van der Waals surface area (Å²) >= 11 is 0. The Kier molecular flexibility index (Phi) is 5.28. The number of carbonyl (C=O) groups is 2. The van der Waals surface area contributed by atoms with Crippen LogP contribution >= 0.6 is 0 Å². The monoisotopic (exact) mass is 339 g/mol. The maximum absolute atomic E-state index is 12.3. The van der Waals surface area contributed by atoms with Gasteiger partial charge in [0.25, 0.3) is 5.91 Å². The van der Waals surface area contributed by atoms with E-state index in [1.807, 2.05) is 37.4 Å². The Balaban J connectivity index is 1.50. The van der Waals surface area contributed by atoms with Crippen LogP contribution in [0, 0.1) is 0 Å². The highest BCUT2D eigenvalue weighted by molar-refractivity contribution is 5.95. The molecular formula is C19H21N3O3. The van der Waals surface area contributed by atoms with Crippen molar-refractivity contribution >= 4 is 17.5 Å². The first kappa shape index (κ1) is 17.0. The van der Waals surface area contributed by atoms with Crippen LogP contribution in [0.5, 0.6) is 5.75 Å². The van der Waals surface area contributed by atoms with E-state index in [9.17, 15) is 9.59 Å². The summed E-state index contributed by atoms with van der Waals surface area (Å²) in [4.78, 5) is 29.4. The molecule has 0 saturated carbocycles. The van der Waals surface area contributed by atoms with Crippen molar-refractivity contribution in [2.24, 2.45) is 0 Å². The lowest BCUT2D eigenvalue weighted by Crippen LogP contribution is -2.29. The maximum atomic E-state index is 12.3. The minimum atomic E-state index is -0.156. The number of nitrogens with one attached hydrogen (secondary N) is 1. The predicted molar refractivity (Wildman–Crippen MR) is 94.5 cm³/mol. The molecule has 2 heterocycles. The second-order valence-corrected chi connectivity index (χ2v) is 6.09. The molecule has 2 amide bonds. The molecule has 0 atom stereocenters. The fourth-order valence-corrected chi connectivity index (χ4v) is 2.70. The van der Waals surface area contributed by atoms with Gasteiger partial charge in [-0.05, 0) is 48.2 Å². The smallest absolute Gasteiger partial charge is 0.262 e. The number of hydrogen-bond acceptors (Lipinski definition) is 4. The first-order chi connectivity index (χ1) is 12.1. The Bertz CT molecular complexity index is 762. The second kappa shape index (κ2) is 7.79. The summed E-state index contributed by atoms with van der Waals surface area (Å²) in [6.45, 7) is 0.726. The van der Waals surface area contributed by atoms with E-state index in [4.69, 9.17) is 4.74 Å². The molecule has 130 valence electrons. The third-order valence-electron chi connectivity index (χ3n) is 4.22. The van der Waals surface area contributed by atoms with Gasteiger partial charge in [0.05, 0.1) is 5.69 Å². The molecule has 1 N–H and O–H groups in total. The Morgan fingerprint density at radius 2 is 2.00 bits per heavy atom. The zero-order chi connectivity index (χ0) is 17.6. The van der Waals surface area contributed by atoms with Gasteiger partial charge in [0.15, 0.2) is 6.61 Å². The van der Waals surface area contributed by atoms with Crippen LogP contribution in [0.25, 0.3) is 0 Å². The van der Waals surface area contributed by atoms with E-state index in [0.29, 0.717) is 30.8 Å². The van der Waals surface area contributed by atoms with E-state index in [2.05, 4.69) is 10.3 Å². The fourth-order valence-electron chi connectivity index (χ4n) is 2.70. The highest BCUT2D eigenvalue weighted by Gasteiger charge is 2.16. The number of carbonyl (C=O) groups excluding carboxylic acids is 2. The molecule has 2 aromatic rings. The Labute approximate surface area is 146 Å². The molecule has 0 spiro atoms. The van der Waals surface area contributed by atoms with Crippen molar-refractivity contribution < 1.29 is 14.3 Å². The maximum Gasteiger partial charge on any atom is 0.262 e. The lowest BCUT2D eigenvalue weighted by Gasteiger charge is -2.19. The van der Waals surface area contributed by atoms with E-state index < -0.39 is 0 Å². The van der Waals surface area contributed by atoms with Crippen LogP contribution in [0.1, 0.15) is 17.5 Å². The molecular weight excluding hydrogens is 318 g/mol. The summed E-state index contributed by atoms with van der Waals surface area (Å²) in [6, 6.07) is 9.56. The Hall–Kier alpha value is -2.89. The minimum Gasteiger partial charge on any atom is -0.482 e. The molecule has 0 saturated heterocycles. The number of aryl methyl sites for hydroxylation is 1. The van der Waals surface area contributed by atoms with Crippen molar-refractivity contribution in [1.29, 1.82) is 0 Å². The highest BCUT2D eigenvalue weighted by Crippen LogP contribution is 2.28. The normalized spacial score (nSPS) is 12.8. The van der Waals surface area contributed by atoms with Gasteiger partial charge in [-0.25, -0.2) is 0 Å².